The molecule has 0 unspecified atom stereocenters. The van der Waals surface area contributed by atoms with E-state index in [1.54, 1.807) is 23.1 Å². The van der Waals surface area contributed by atoms with Gasteiger partial charge >= 0.3 is 0 Å². The van der Waals surface area contributed by atoms with Gasteiger partial charge in [-0.2, -0.15) is 0 Å². The Kier molecular flexibility index (Phi) is 4.39. The Morgan fingerprint density at radius 3 is 3.08 bits per heavy atom. The normalized spacial score (nSPS) is 14.8. The second-order valence-corrected chi connectivity index (χ2v) is 7.51. The third kappa shape index (κ3) is 3.11. The first-order chi connectivity index (χ1) is 11.7. The van der Waals surface area contributed by atoms with Crippen LogP contribution in [0, 0.1) is 6.92 Å². The first-order valence-corrected chi connectivity index (χ1v) is 9.94. The Morgan fingerprint density at radius 1 is 1.38 bits per heavy atom. The fraction of sp³-hybridized carbons (Fsp3) is 0.353. The summed E-state index contributed by atoms with van der Waals surface area (Å²) in [6, 6.07) is 4.06. The Hall–Kier alpha value is -1.70. The molecule has 0 fully saturated rings. The van der Waals surface area contributed by atoms with Gasteiger partial charge in [-0.15, -0.1) is 11.3 Å². The van der Waals surface area contributed by atoms with Crippen molar-refractivity contribution in [2.24, 2.45) is 0 Å². The molecule has 7 heteroatoms. The van der Waals surface area contributed by atoms with E-state index in [-0.39, 0.29) is 0 Å². The molecule has 24 heavy (non-hydrogen) atoms. The maximum absolute atomic E-state index is 5.85. The zero-order chi connectivity index (χ0) is 16.5. The summed E-state index contributed by atoms with van der Waals surface area (Å²) in [4.78, 5) is 17.2. The number of fused-ring (bicyclic) bond motifs is 1. The van der Waals surface area contributed by atoms with Crippen LogP contribution in [0.4, 0.5) is 0 Å². The SMILES string of the molecule is CSc1ncc2c(n1)CCN(Cc1nc(-c3cccs3)oc1C)C2. The summed E-state index contributed by atoms with van der Waals surface area (Å²) in [5, 5.41) is 2.90. The molecule has 0 amide bonds. The van der Waals surface area contributed by atoms with Crippen molar-refractivity contribution in [2.75, 3.05) is 12.8 Å². The summed E-state index contributed by atoms with van der Waals surface area (Å²) in [7, 11) is 0. The predicted octanol–water partition coefficient (Wildman–Crippen LogP) is 3.78. The first-order valence-electron chi connectivity index (χ1n) is 7.84. The minimum absolute atomic E-state index is 0.725. The van der Waals surface area contributed by atoms with Crippen LogP contribution >= 0.6 is 23.1 Å². The Morgan fingerprint density at radius 2 is 2.29 bits per heavy atom. The lowest BCUT2D eigenvalue weighted by atomic mass is 10.1. The molecule has 1 aliphatic heterocycles. The van der Waals surface area contributed by atoms with Crippen LogP contribution in [0.1, 0.15) is 22.7 Å². The van der Waals surface area contributed by atoms with Crippen molar-refractivity contribution in [2.45, 2.75) is 31.6 Å². The number of hydrogen-bond acceptors (Lipinski definition) is 7. The van der Waals surface area contributed by atoms with Crippen molar-refractivity contribution in [1.29, 1.82) is 0 Å². The highest BCUT2D eigenvalue weighted by Gasteiger charge is 2.21. The van der Waals surface area contributed by atoms with Gasteiger partial charge in [-0.05, 0) is 24.6 Å². The molecule has 0 N–H and O–H groups in total. The molecule has 0 aromatic carbocycles. The molecule has 0 bridgehead atoms. The first kappa shape index (κ1) is 15.8. The van der Waals surface area contributed by atoms with Gasteiger partial charge in [0.15, 0.2) is 5.16 Å². The number of hydrogen-bond donors (Lipinski definition) is 0. The highest BCUT2D eigenvalue weighted by atomic mass is 32.2. The smallest absolute Gasteiger partial charge is 0.236 e. The van der Waals surface area contributed by atoms with Gasteiger partial charge in [0.1, 0.15) is 5.76 Å². The fourth-order valence-corrected chi connectivity index (χ4v) is 3.89. The third-order valence-corrected chi connectivity index (χ3v) is 5.59. The number of rotatable bonds is 4. The molecule has 0 atom stereocenters. The van der Waals surface area contributed by atoms with Crippen LogP contribution in [0.25, 0.3) is 10.8 Å². The van der Waals surface area contributed by atoms with Crippen molar-refractivity contribution in [3.8, 4) is 10.8 Å². The van der Waals surface area contributed by atoms with Gasteiger partial charge in [-0.3, -0.25) is 4.90 Å². The highest BCUT2D eigenvalue weighted by molar-refractivity contribution is 7.98. The summed E-state index contributed by atoms with van der Waals surface area (Å²) in [5.41, 5.74) is 3.42. The molecule has 0 aliphatic carbocycles. The van der Waals surface area contributed by atoms with E-state index in [0.717, 1.165) is 53.4 Å². The molecule has 3 aromatic rings. The summed E-state index contributed by atoms with van der Waals surface area (Å²) >= 11 is 3.24. The number of aromatic nitrogens is 3. The van der Waals surface area contributed by atoms with Crippen molar-refractivity contribution >= 4 is 23.1 Å². The summed E-state index contributed by atoms with van der Waals surface area (Å²) in [6.45, 7) is 4.64. The topological polar surface area (TPSA) is 55.1 Å². The van der Waals surface area contributed by atoms with Crippen LogP contribution in [0.3, 0.4) is 0 Å². The lowest BCUT2D eigenvalue weighted by Crippen LogP contribution is -2.31. The van der Waals surface area contributed by atoms with Crippen molar-refractivity contribution in [3.05, 3.63) is 46.4 Å². The number of nitrogens with zero attached hydrogens (tertiary/aromatic N) is 4. The molecular weight excluding hydrogens is 340 g/mol. The molecule has 1 aliphatic rings. The average Bonchev–Trinajstić information content (AvgIpc) is 3.25. The van der Waals surface area contributed by atoms with E-state index >= 15 is 0 Å². The zero-order valence-corrected chi connectivity index (χ0v) is 15.3. The average molecular weight is 358 g/mol. The quantitative estimate of drug-likeness (QED) is 0.522. The van der Waals surface area contributed by atoms with E-state index < -0.39 is 0 Å². The fourth-order valence-electron chi connectivity index (χ4n) is 2.88. The van der Waals surface area contributed by atoms with Gasteiger partial charge in [0.2, 0.25) is 5.89 Å². The Bertz CT molecular complexity index is 844. The van der Waals surface area contributed by atoms with E-state index in [2.05, 4.69) is 14.9 Å². The van der Waals surface area contributed by atoms with Crippen molar-refractivity contribution in [1.82, 2.24) is 19.9 Å². The number of aryl methyl sites for hydroxylation is 1. The second-order valence-electron chi connectivity index (χ2n) is 5.79. The largest absolute Gasteiger partial charge is 0.440 e. The maximum atomic E-state index is 5.85. The van der Waals surface area contributed by atoms with Gasteiger partial charge in [0.05, 0.1) is 16.3 Å². The van der Waals surface area contributed by atoms with Crippen LogP contribution in [0.5, 0.6) is 0 Å². The third-order valence-electron chi connectivity index (χ3n) is 4.17. The number of thiophene rings is 1. The Labute approximate surface area is 149 Å². The zero-order valence-electron chi connectivity index (χ0n) is 13.7. The van der Waals surface area contributed by atoms with Gasteiger partial charge < -0.3 is 4.42 Å². The van der Waals surface area contributed by atoms with Crippen molar-refractivity contribution < 1.29 is 4.42 Å². The molecule has 0 spiro atoms. The summed E-state index contributed by atoms with van der Waals surface area (Å²) in [5.74, 6) is 1.63. The maximum Gasteiger partial charge on any atom is 0.236 e. The van der Waals surface area contributed by atoms with Gasteiger partial charge in [0, 0.05) is 37.8 Å². The van der Waals surface area contributed by atoms with E-state index in [1.807, 2.05) is 36.9 Å². The number of oxazole rings is 1. The van der Waals surface area contributed by atoms with Gasteiger partial charge in [0.25, 0.3) is 0 Å². The second kappa shape index (κ2) is 6.66. The van der Waals surface area contributed by atoms with E-state index in [1.165, 1.54) is 11.3 Å². The minimum atomic E-state index is 0.725. The molecule has 4 heterocycles. The molecule has 124 valence electrons. The standard InChI is InChI=1S/C17H18N4OS2/c1-11-14(19-16(22-11)15-4-3-7-24-15)10-21-6-5-13-12(9-21)8-18-17(20-13)23-2/h3-4,7-8H,5-6,9-10H2,1-2H3. The summed E-state index contributed by atoms with van der Waals surface area (Å²) < 4.78 is 5.85. The van der Waals surface area contributed by atoms with Gasteiger partial charge in [-0.25, -0.2) is 15.0 Å². The summed E-state index contributed by atoms with van der Waals surface area (Å²) in [6.07, 6.45) is 4.93. The minimum Gasteiger partial charge on any atom is -0.440 e. The van der Waals surface area contributed by atoms with E-state index in [9.17, 15) is 0 Å². The highest BCUT2D eigenvalue weighted by Crippen LogP contribution is 2.27. The molecular formula is C17H18N4OS2. The van der Waals surface area contributed by atoms with E-state index in [4.69, 9.17) is 9.40 Å². The molecule has 0 saturated heterocycles. The van der Waals surface area contributed by atoms with Crippen LogP contribution in [-0.2, 0) is 19.5 Å². The molecule has 0 saturated carbocycles. The van der Waals surface area contributed by atoms with Gasteiger partial charge in [-0.1, -0.05) is 17.8 Å². The molecule has 4 rings (SSSR count). The molecule has 5 nitrogen and oxygen atoms in total. The Balaban J connectivity index is 1.50. The monoisotopic (exact) mass is 358 g/mol. The van der Waals surface area contributed by atoms with Crippen LogP contribution in [0.15, 0.2) is 33.3 Å². The van der Waals surface area contributed by atoms with Crippen LogP contribution in [0.2, 0.25) is 0 Å². The van der Waals surface area contributed by atoms with Crippen molar-refractivity contribution in [3.63, 3.8) is 0 Å². The lowest BCUT2D eigenvalue weighted by Gasteiger charge is -2.27. The predicted molar refractivity (Wildman–Crippen MR) is 96.2 cm³/mol. The van der Waals surface area contributed by atoms with Crippen LogP contribution in [-0.4, -0.2) is 32.7 Å². The lowest BCUT2D eigenvalue weighted by molar-refractivity contribution is 0.238. The number of thioether (sulfide) groups is 1. The molecule has 0 radical (unpaired) electrons. The van der Waals surface area contributed by atoms with E-state index in [0.29, 0.717) is 0 Å². The molecule has 3 aromatic heterocycles. The van der Waals surface area contributed by atoms with Crippen LogP contribution < -0.4 is 0 Å².